The first-order chi connectivity index (χ1) is 25.1. The van der Waals surface area contributed by atoms with Crippen molar-refractivity contribution in [3.63, 3.8) is 0 Å². The standard InChI is InChI=1S/C40H58O12/c1-19-11-24-5-7-28-20(2)12-26(45-28)9-10-40-17-33-36(51-40)37-38(50-33)39(52-40)35-29(49-37)8-6-25(47-35)13-22(42)14-27-31(16-30(46-24)21(19)3)48-32(34(27)44-4)15-23(43)18-41/h19,23-39,41,43H,2-3,5-18H2,1,4H3/t19-,23+,24+,25?,26?,27?,28?,29+,30?,31?,32-,33?,34-,35+,36+,37+,38-,39+,40+/m1/s1. The van der Waals surface area contributed by atoms with Crippen LogP contribution in [0.3, 0.4) is 0 Å². The number of ether oxygens (including phenoxy) is 9. The molecule has 7 unspecified atom stereocenters. The number of carbonyl (C=O) groups excluding carboxylic acids is 1. The lowest BCUT2D eigenvalue weighted by Gasteiger charge is -2.47. The molecule has 0 aromatic heterocycles. The third kappa shape index (κ3) is 6.59. The lowest BCUT2D eigenvalue weighted by molar-refractivity contribution is -0.292. The van der Waals surface area contributed by atoms with Gasteiger partial charge in [0.1, 0.15) is 36.3 Å². The Morgan fingerprint density at radius 3 is 2.37 bits per heavy atom. The Morgan fingerprint density at radius 2 is 1.54 bits per heavy atom. The molecule has 2 N–H and O–H groups in total. The average Bonchev–Trinajstić information content (AvgIpc) is 3.79. The first-order valence-corrected chi connectivity index (χ1v) is 20.1. The number of methoxy groups -OCH3 is 1. The highest BCUT2D eigenvalue weighted by molar-refractivity contribution is 5.79. The van der Waals surface area contributed by atoms with E-state index >= 15 is 0 Å². The van der Waals surface area contributed by atoms with Crippen LogP contribution >= 0.6 is 0 Å². The molecule has 10 saturated heterocycles. The van der Waals surface area contributed by atoms with Gasteiger partial charge in [0.2, 0.25) is 0 Å². The second-order valence-electron chi connectivity index (χ2n) is 17.4. The van der Waals surface area contributed by atoms with Crippen molar-refractivity contribution in [3.05, 3.63) is 24.3 Å². The molecule has 10 aliphatic heterocycles. The summed E-state index contributed by atoms with van der Waals surface area (Å²) in [5.74, 6) is -0.709. The number of ketones is 1. The van der Waals surface area contributed by atoms with Crippen LogP contribution in [0, 0.1) is 11.8 Å². The van der Waals surface area contributed by atoms with E-state index in [4.69, 9.17) is 42.6 Å². The summed E-state index contributed by atoms with van der Waals surface area (Å²) in [4.78, 5) is 14.0. The first-order valence-electron chi connectivity index (χ1n) is 20.1. The summed E-state index contributed by atoms with van der Waals surface area (Å²) < 4.78 is 59.8. The van der Waals surface area contributed by atoms with Gasteiger partial charge in [-0.15, -0.1) is 0 Å². The topological polar surface area (TPSA) is 141 Å². The highest BCUT2D eigenvalue weighted by atomic mass is 16.8. The molecule has 19 atom stereocenters. The highest BCUT2D eigenvalue weighted by Crippen LogP contribution is 2.54. The molecule has 10 fully saturated rings. The van der Waals surface area contributed by atoms with Gasteiger partial charge in [-0.25, -0.2) is 0 Å². The molecule has 0 saturated carbocycles. The van der Waals surface area contributed by atoms with Crippen molar-refractivity contribution >= 4 is 5.78 Å². The smallest absolute Gasteiger partial charge is 0.172 e. The van der Waals surface area contributed by atoms with E-state index in [-0.39, 0.29) is 123 Å². The van der Waals surface area contributed by atoms with Crippen LogP contribution in [0.1, 0.15) is 90.4 Å². The minimum absolute atomic E-state index is 0.0260. The fraction of sp³-hybridized carbons (Fsp3) is 0.875. The minimum atomic E-state index is -0.951. The number of aliphatic hydroxyl groups is 2. The zero-order valence-electron chi connectivity index (χ0n) is 30.7. The predicted molar refractivity (Wildman–Crippen MR) is 184 cm³/mol. The van der Waals surface area contributed by atoms with Crippen molar-refractivity contribution < 1.29 is 57.6 Å². The molecule has 10 rings (SSSR count). The van der Waals surface area contributed by atoms with E-state index in [1.807, 2.05) is 0 Å². The van der Waals surface area contributed by atoms with Crippen molar-refractivity contribution in [1.82, 2.24) is 0 Å². The quantitative estimate of drug-likeness (QED) is 0.410. The Morgan fingerprint density at radius 1 is 0.788 bits per heavy atom. The van der Waals surface area contributed by atoms with Crippen LogP contribution in [0.15, 0.2) is 24.3 Å². The maximum Gasteiger partial charge on any atom is 0.172 e. The van der Waals surface area contributed by atoms with Crippen LogP contribution in [0.2, 0.25) is 0 Å². The van der Waals surface area contributed by atoms with Gasteiger partial charge in [-0.3, -0.25) is 4.79 Å². The number of hydrogen-bond donors (Lipinski definition) is 2. The van der Waals surface area contributed by atoms with E-state index in [2.05, 4.69) is 20.1 Å². The van der Waals surface area contributed by atoms with E-state index in [1.54, 1.807) is 7.11 Å². The number of rotatable bonds is 4. The monoisotopic (exact) mass is 730 g/mol. The lowest BCUT2D eigenvalue weighted by Crippen LogP contribution is -2.61. The van der Waals surface area contributed by atoms with Gasteiger partial charge in [-0.05, 0) is 62.0 Å². The molecule has 0 aliphatic carbocycles. The van der Waals surface area contributed by atoms with Gasteiger partial charge in [0.15, 0.2) is 5.79 Å². The zero-order chi connectivity index (χ0) is 35.9. The van der Waals surface area contributed by atoms with Gasteiger partial charge in [0, 0.05) is 51.6 Å². The lowest BCUT2D eigenvalue weighted by atomic mass is 9.81. The molecule has 0 aromatic carbocycles. The summed E-state index contributed by atoms with van der Waals surface area (Å²) in [6.45, 7) is 10.7. The van der Waals surface area contributed by atoms with Crippen LogP contribution < -0.4 is 0 Å². The van der Waals surface area contributed by atoms with Gasteiger partial charge in [0.25, 0.3) is 0 Å². The van der Waals surface area contributed by atoms with Gasteiger partial charge in [-0.2, -0.15) is 0 Å². The molecule has 0 amide bonds. The van der Waals surface area contributed by atoms with Crippen LogP contribution in [0.25, 0.3) is 0 Å². The SMILES string of the molecule is C=C1CC2CC[C@@]34CC5O[C@H]6[C@@H](O3)[C@H]3OC(CC[C@@H]3O[C@H]6[C@H]5O4)CC(=O)CC3C(CC4O[C@@H](CCC1O2)C[C@@H](C)C4=C)O[C@H](C[C@H](O)CO)[C@@H]3OC. The van der Waals surface area contributed by atoms with E-state index in [1.165, 1.54) is 0 Å². The number of aliphatic hydroxyl groups excluding tert-OH is 2. The fourth-order valence-electron chi connectivity index (χ4n) is 11.3. The summed E-state index contributed by atoms with van der Waals surface area (Å²) >= 11 is 0. The molecular formula is C40H58O12. The predicted octanol–water partition coefficient (Wildman–Crippen LogP) is 3.47. The van der Waals surface area contributed by atoms with Crippen LogP contribution in [0.4, 0.5) is 0 Å². The van der Waals surface area contributed by atoms with Crippen molar-refractivity contribution in [2.24, 2.45) is 11.8 Å². The molecule has 10 aliphatic rings. The van der Waals surface area contributed by atoms with E-state index < -0.39 is 24.1 Å². The maximum atomic E-state index is 14.0. The van der Waals surface area contributed by atoms with Crippen LogP contribution in [-0.2, 0) is 47.4 Å². The van der Waals surface area contributed by atoms with Gasteiger partial charge >= 0.3 is 0 Å². The molecular weight excluding hydrogens is 672 g/mol. The van der Waals surface area contributed by atoms with E-state index in [0.717, 1.165) is 49.7 Å². The fourth-order valence-corrected chi connectivity index (χ4v) is 11.3. The Kier molecular flexibility index (Phi) is 10.0. The van der Waals surface area contributed by atoms with E-state index in [9.17, 15) is 15.0 Å². The first kappa shape index (κ1) is 36.4. The Bertz CT molecular complexity index is 1370. The van der Waals surface area contributed by atoms with Crippen molar-refractivity contribution in [1.29, 1.82) is 0 Å². The summed E-state index contributed by atoms with van der Waals surface area (Å²) in [5, 5.41) is 20.1. The second-order valence-corrected chi connectivity index (χ2v) is 17.4. The molecule has 52 heavy (non-hydrogen) atoms. The van der Waals surface area contributed by atoms with Crippen LogP contribution in [-0.4, -0.2) is 133 Å². The normalized spacial score (nSPS) is 52.4. The summed E-state index contributed by atoms with van der Waals surface area (Å²) in [7, 11) is 1.63. The van der Waals surface area contributed by atoms with Crippen molar-refractivity contribution in [2.75, 3.05) is 13.7 Å². The van der Waals surface area contributed by atoms with Gasteiger partial charge in [-0.1, -0.05) is 20.1 Å². The average molecular weight is 731 g/mol. The zero-order valence-corrected chi connectivity index (χ0v) is 30.7. The summed E-state index contributed by atoms with van der Waals surface area (Å²) in [6, 6.07) is 0. The molecule has 12 nitrogen and oxygen atoms in total. The number of Topliss-reactive ketones (excluding diaryl/α,β-unsaturated/α-hetero) is 1. The molecule has 1 spiro atoms. The number of hydrogen-bond acceptors (Lipinski definition) is 12. The molecule has 0 radical (unpaired) electrons. The number of fused-ring (bicyclic) bond motifs is 6. The molecule has 10 heterocycles. The minimum Gasteiger partial charge on any atom is -0.394 e. The highest BCUT2D eigenvalue weighted by Gasteiger charge is 2.68. The van der Waals surface area contributed by atoms with Crippen molar-refractivity contribution in [2.45, 2.75) is 194 Å². The Hall–Kier alpha value is -1.29. The summed E-state index contributed by atoms with van der Waals surface area (Å²) in [6.07, 6.45) is 4.01. The van der Waals surface area contributed by atoms with Crippen molar-refractivity contribution in [3.8, 4) is 0 Å². The maximum absolute atomic E-state index is 14.0. The third-order valence-electron chi connectivity index (χ3n) is 13.9. The van der Waals surface area contributed by atoms with E-state index in [0.29, 0.717) is 25.7 Å². The largest absolute Gasteiger partial charge is 0.394 e. The number of carbonyl (C=O) groups is 1. The summed E-state index contributed by atoms with van der Waals surface area (Å²) in [5.41, 5.74) is 2.17. The molecule has 0 aromatic rings. The Labute approximate surface area is 306 Å². The molecule has 290 valence electrons. The second kappa shape index (κ2) is 14.3. The van der Waals surface area contributed by atoms with Gasteiger partial charge < -0.3 is 52.8 Å². The third-order valence-corrected chi connectivity index (χ3v) is 13.9. The Balaban J connectivity index is 0.994. The van der Waals surface area contributed by atoms with Crippen LogP contribution in [0.5, 0.6) is 0 Å². The molecule has 12 bridgehead atoms. The molecule has 12 heteroatoms. The van der Waals surface area contributed by atoms with Gasteiger partial charge in [0.05, 0.1) is 73.8 Å².